The average molecular weight is 362 g/mol. The van der Waals surface area contributed by atoms with Crippen molar-refractivity contribution in [2.45, 2.75) is 12.3 Å². The van der Waals surface area contributed by atoms with Crippen LogP contribution in [-0.4, -0.2) is 20.8 Å². The molecule has 2 aromatic carbocycles. The van der Waals surface area contributed by atoms with Crippen LogP contribution in [0.1, 0.15) is 23.5 Å². The molecule has 1 aliphatic rings. The first kappa shape index (κ1) is 16.6. The van der Waals surface area contributed by atoms with Gasteiger partial charge in [-0.1, -0.05) is 42.5 Å². The van der Waals surface area contributed by atoms with Crippen molar-refractivity contribution in [1.82, 2.24) is 9.97 Å². The maximum absolute atomic E-state index is 12.8. The Balaban J connectivity index is 1.81. The van der Waals surface area contributed by atoms with Gasteiger partial charge in [-0.05, 0) is 5.56 Å². The number of benzene rings is 2. The Bertz CT molecular complexity index is 1090. The standard InChI is InChI=1S/C19H14N4O4/c24-15-10-14(11-6-8-13(9-7-11)23(26)27)16-18(20-15)21-17(22-19(16)25)12-4-2-1-3-5-12/h1-9,14H,10H2,(H2,20,21,22,24,25)/t14-/m1/s1. The summed E-state index contributed by atoms with van der Waals surface area (Å²) in [7, 11) is 0. The van der Waals surface area contributed by atoms with Crippen molar-refractivity contribution in [1.29, 1.82) is 0 Å². The van der Waals surface area contributed by atoms with Crippen molar-refractivity contribution in [3.63, 3.8) is 0 Å². The second kappa shape index (κ2) is 6.49. The second-order valence-electron chi connectivity index (χ2n) is 6.20. The third kappa shape index (κ3) is 3.08. The van der Waals surface area contributed by atoms with Crippen molar-refractivity contribution in [2.24, 2.45) is 0 Å². The largest absolute Gasteiger partial charge is 0.310 e. The summed E-state index contributed by atoms with van der Waals surface area (Å²) in [4.78, 5) is 42.5. The monoisotopic (exact) mass is 362 g/mol. The highest BCUT2D eigenvalue weighted by Gasteiger charge is 2.31. The first-order chi connectivity index (χ1) is 13.0. The van der Waals surface area contributed by atoms with Gasteiger partial charge < -0.3 is 10.3 Å². The summed E-state index contributed by atoms with van der Waals surface area (Å²) in [6, 6.07) is 15.0. The zero-order valence-electron chi connectivity index (χ0n) is 14.0. The highest BCUT2D eigenvalue weighted by molar-refractivity contribution is 5.94. The Hall–Kier alpha value is -3.81. The number of fused-ring (bicyclic) bond motifs is 1. The molecule has 1 aromatic heterocycles. The molecular formula is C19H14N4O4. The van der Waals surface area contributed by atoms with Gasteiger partial charge in [0, 0.05) is 30.0 Å². The van der Waals surface area contributed by atoms with Crippen molar-refractivity contribution in [3.8, 4) is 11.4 Å². The van der Waals surface area contributed by atoms with Gasteiger partial charge in [0.25, 0.3) is 11.2 Å². The number of nitro benzene ring substituents is 1. The van der Waals surface area contributed by atoms with E-state index in [1.54, 1.807) is 12.1 Å². The second-order valence-corrected chi connectivity index (χ2v) is 6.20. The molecule has 3 aromatic rings. The Morgan fingerprint density at radius 2 is 1.74 bits per heavy atom. The number of H-pyrrole nitrogens is 1. The summed E-state index contributed by atoms with van der Waals surface area (Å²) in [5.74, 6) is -0.195. The minimum Gasteiger partial charge on any atom is -0.310 e. The molecule has 1 amide bonds. The van der Waals surface area contributed by atoms with E-state index in [0.717, 1.165) is 5.56 Å². The summed E-state index contributed by atoms with van der Waals surface area (Å²) in [5.41, 5.74) is 1.33. The van der Waals surface area contributed by atoms with Crippen LogP contribution in [0.3, 0.4) is 0 Å². The van der Waals surface area contributed by atoms with Crippen molar-refractivity contribution < 1.29 is 9.72 Å². The quantitative estimate of drug-likeness (QED) is 0.549. The number of hydrogen-bond donors (Lipinski definition) is 2. The van der Waals surface area contributed by atoms with Gasteiger partial charge in [-0.25, -0.2) is 4.98 Å². The van der Waals surface area contributed by atoms with E-state index in [0.29, 0.717) is 17.0 Å². The summed E-state index contributed by atoms with van der Waals surface area (Å²) < 4.78 is 0. The van der Waals surface area contributed by atoms with Gasteiger partial charge in [0.1, 0.15) is 11.6 Å². The summed E-state index contributed by atoms with van der Waals surface area (Å²) in [5, 5.41) is 13.5. The fourth-order valence-electron chi connectivity index (χ4n) is 3.22. The lowest BCUT2D eigenvalue weighted by molar-refractivity contribution is -0.384. The van der Waals surface area contributed by atoms with Gasteiger partial charge in [-0.3, -0.25) is 19.7 Å². The van der Waals surface area contributed by atoms with Gasteiger partial charge in [0.05, 0.1) is 10.5 Å². The number of hydrogen-bond acceptors (Lipinski definition) is 5. The molecule has 134 valence electrons. The number of nitrogens with one attached hydrogen (secondary N) is 2. The van der Waals surface area contributed by atoms with E-state index in [1.807, 2.05) is 30.3 Å². The Kier molecular flexibility index (Phi) is 4.00. The average Bonchev–Trinajstić information content (AvgIpc) is 2.67. The molecule has 27 heavy (non-hydrogen) atoms. The summed E-state index contributed by atoms with van der Waals surface area (Å²) in [6.07, 6.45) is 0.0697. The zero-order chi connectivity index (χ0) is 19.0. The van der Waals surface area contributed by atoms with E-state index >= 15 is 0 Å². The molecule has 0 saturated heterocycles. The molecule has 1 atom stereocenters. The van der Waals surface area contributed by atoms with Gasteiger partial charge in [-0.2, -0.15) is 0 Å². The Labute approximate surface area is 153 Å². The number of nitrogens with zero attached hydrogens (tertiary/aromatic N) is 2. The summed E-state index contributed by atoms with van der Waals surface area (Å²) in [6.45, 7) is 0. The van der Waals surface area contributed by atoms with Crippen LogP contribution in [0, 0.1) is 10.1 Å². The third-order valence-electron chi connectivity index (χ3n) is 4.50. The number of rotatable bonds is 3. The third-order valence-corrected chi connectivity index (χ3v) is 4.50. The highest BCUT2D eigenvalue weighted by Crippen LogP contribution is 2.35. The SMILES string of the molecule is O=C1C[C@H](c2ccc([N+](=O)[O-])cc2)c2c(nc(-c3ccccc3)[nH]c2=O)N1. The number of aromatic nitrogens is 2. The number of nitro groups is 1. The molecule has 0 bridgehead atoms. The first-order valence-electron chi connectivity index (χ1n) is 8.27. The molecule has 2 heterocycles. The molecule has 0 fully saturated rings. The molecule has 1 aliphatic heterocycles. The maximum Gasteiger partial charge on any atom is 0.269 e. The molecule has 0 radical (unpaired) electrons. The van der Waals surface area contributed by atoms with Crippen LogP contribution in [-0.2, 0) is 4.79 Å². The van der Waals surface area contributed by atoms with Crippen molar-refractivity contribution in [2.75, 3.05) is 5.32 Å². The molecule has 8 nitrogen and oxygen atoms in total. The predicted molar refractivity (Wildman–Crippen MR) is 98.5 cm³/mol. The van der Waals surface area contributed by atoms with Crippen LogP contribution in [0.5, 0.6) is 0 Å². The van der Waals surface area contributed by atoms with Crippen LogP contribution < -0.4 is 10.9 Å². The number of aromatic amines is 1. The fraction of sp³-hybridized carbons (Fsp3) is 0.105. The van der Waals surface area contributed by atoms with Crippen LogP contribution in [0.4, 0.5) is 11.5 Å². The summed E-state index contributed by atoms with van der Waals surface area (Å²) >= 11 is 0. The van der Waals surface area contributed by atoms with E-state index in [-0.39, 0.29) is 29.4 Å². The molecule has 0 aliphatic carbocycles. The van der Waals surface area contributed by atoms with Crippen molar-refractivity contribution >= 4 is 17.4 Å². The lowest BCUT2D eigenvalue weighted by atomic mass is 9.86. The molecule has 0 saturated carbocycles. The van der Waals surface area contributed by atoms with Gasteiger partial charge >= 0.3 is 0 Å². The van der Waals surface area contributed by atoms with Crippen molar-refractivity contribution in [3.05, 3.63) is 86.2 Å². The van der Waals surface area contributed by atoms with E-state index in [2.05, 4.69) is 15.3 Å². The molecule has 4 rings (SSSR count). The minimum atomic E-state index is -0.518. The van der Waals surface area contributed by atoms with E-state index < -0.39 is 10.8 Å². The number of amides is 1. The zero-order valence-corrected chi connectivity index (χ0v) is 14.0. The van der Waals surface area contributed by atoms with E-state index in [9.17, 15) is 19.7 Å². The molecule has 8 heteroatoms. The van der Waals surface area contributed by atoms with E-state index in [4.69, 9.17) is 0 Å². The van der Waals surface area contributed by atoms with Crippen LogP contribution >= 0.6 is 0 Å². The molecule has 0 spiro atoms. The minimum absolute atomic E-state index is 0.0503. The van der Waals surface area contributed by atoms with Gasteiger partial charge in [-0.15, -0.1) is 0 Å². The normalized spacial score (nSPS) is 15.7. The first-order valence-corrected chi connectivity index (χ1v) is 8.27. The maximum atomic E-state index is 12.8. The number of non-ortho nitro benzene ring substituents is 1. The Morgan fingerprint density at radius 3 is 2.41 bits per heavy atom. The van der Waals surface area contributed by atoms with Crippen LogP contribution in [0.25, 0.3) is 11.4 Å². The van der Waals surface area contributed by atoms with Gasteiger partial charge in [0.2, 0.25) is 5.91 Å². The molecule has 0 unspecified atom stereocenters. The van der Waals surface area contributed by atoms with Crippen LogP contribution in [0.2, 0.25) is 0 Å². The number of anilines is 1. The Morgan fingerprint density at radius 1 is 1.04 bits per heavy atom. The molecular weight excluding hydrogens is 348 g/mol. The molecule has 2 N–H and O–H groups in total. The lowest BCUT2D eigenvalue weighted by Crippen LogP contribution is -2.31. The van der Waals surface area contributed by atoms with Crippen LogP contribution in [0.15, 0.2) is 59.4 Å². The predicted octanol–water partition coefficient (Wildman–Crippen LogP) is 2.82. The number of carbonyl (C=O) groups excluding carboxylic acids is 1. The topological polar surface area (TPSA) is 118 Å². The highest BCUT2D eigenvalue weighted by atomic mass is 16.6. The fourth-order valence-corrected chi connectivity index (χ4v) is 3.22. The lowest BCUT2D eigenvalue weighted by Gasteiger charge is -2.24. The smallest absolute Gasteiger partial charge is 0.269 e. The number of carbonyl (C=O) groups is 1. The van der Waals surface area contributed by atoms with E-state index in [1.165, 1.54) is 12.1 Å². The van der Waals surface area contributed by atoms with Gasteiger partial charge in [0.15, 0.2) is 0 Å².